The highest BCUT2D eigenvalue weighted by atomic mass is 32.1. The zero-order chi connectivity index (χ0) is 14.2. The van der Waals surface area contributed by atoms with E-state index in [0.29, 0.717) is 0 Å². The maximum atomic E-state index is 2.26. The van der Waals surface area contributed by atoms with E-state index in [4.69, 9.17) is 0 Å². The molecule has 0 aliphatic heterocycles. The SMILES string of the molecule is Cc1ccc2c(-c3cccs3)cccc2c1-c1cccs1. The van der Waals surface area contributed by atoms with Crippen molar-refractivity contribution in [3.8, 4) is 20.9 Å². The van der Waals surface area contributed by atoms with E-state index in [1.165, 1.54) is 37.2 Å². The molecule has 4 rings (SSSR count). The van der Waals surface area contributed by atoms with E-state index in [2.05, 4.69) is 72.3 Å². The number of thiophene rings is 2. The second-order valence-corrected chi connectivity index (χ2v) is 7.01. The van der Waals surface area contributed by atoms with Gasteiger partial charge in [0.25, 0.3) is 0 Å². The lowest BCUT2D eigenvalue weighted by atomic mass is 9.95. The van der Waals surface area contributed by atoms with Gasteiger partial charge in [0.15, 0.2) is 0 Å². The fourth-order valence-corrected chi connectivity index (χ4v) is 4.48. The van der Waals surface area contributed by atoms with Crippen LogP contribution in [-0.4, -0.2) is 0 Å². The minimum Gasteiger partial charge on any atom is -0.144 e. The van der Waals surface area contributed by atoms with Crippen molar-refractivity contribution in [1.82, 2.24) is 0 Å². The fraction of sp³-hybridized carbons (Fsp3) is 0.0526. The van der Waals surface area contributed by atoms with Gasteiger partial charge in [-0.1, -0.05) is 42.5 Å². The number of fused-ring (bicyclic) bond motifs is 1. The largest absolute Gasteiger partial charge is 0.144 e. The number of aryl methyl sites for hydroxylation is 1. The average Bonchev–Trinajstić information content (AvgIpc) is 3.20. The summed E-state index contributed by atoms with van der Waals surface area (Å²) < 4.78 is 0. The number of benzene rings is 2. The zero-order valence-corrected chi connectivity index (χ0v) is 13.3. The highest BCUT2D eigenvalue weighted by molar-refractivity contribution is 7.14. The molecule has 2 aromatic heterocycles. The van der Waals surface area contributed by atoms with Gasteiger partial charge in [0, 0.05) is 15.3 Å². The van der Waals surface area contributed by atoms with Crippen molar-refractivity contribution in [1.29, 1.82) is 0 Å². The normalized spacial score (nSPS) is 11.1. The van der Waals surface area contributed by atoms with E-state index < -0.39 is 0 Å². The molecular weight excluding hydrogens is 292 g/mol. The van der Waals surface area contributed by atoms with E-state index in [-0.39, 0.29) is 0 Å². The zero-order valence-electron chi connectivity index (χ0n) is 11.7. The average molecular weight is 306 g/mol. The first-order chi connectivity index (χ1) is 10.3. The minimum absolute atomic E-state index is 1.33. The summed E-state index contributed by atoms with van der Waals surface area (Å²) in [6, 6.07) is 19.8. The van der Waals surface area contributed by atoms with E-state index in [0.717, 1.165) is 0 Å². The van der Waals surface area contributed by atoms with Crippen LogP contribution in [0.1, 0.15) is 5.56 Å². The molecule has 2 aromatic carbocycles. The Morgan fingerprint density at radius 1 is 0.667 bits per heavy atom. The summed E-state index contributed by atoms with van der Waals surface area (Å²) in [5.41, 5.74) is 4.05. The molecule has 0 N–H and O–H groups in total. The minimum atomic E-state index is 1.33. The second kappa shape index (κ2) is 5.14. The monoisotopic (exact) mass is 306 g/mol. The van der Waals surface area contributed by atoms with Crippen LogP contribution in [0.4, 0.5) is 0 Å². The van der Waals surface area contributed by atoms with Crippen LogP contribution in [0.2, 0.25) is 0 Å². The molecule has 0 saturated carbocycles. The van der Waals surface area contributed by atoms with E-state index in [1.54, 1.807) is 11.3 Å². The lowest BCUT2D eigenvalue weighted by Crippen LogP contribution is -1.86. The Balaban J connectivity index is 2.08. The van der Waals surface area contributed by atoms with Crippen LogP contribution >= 0.6 is 22.7 Å². The first-order valence-electron chi connectivity index (χ1n) is 6.95. The molecule has 0 atom stereocenters. The van der Waals surface area contributed by atoms with Crippen molar-refractivity contribution >= 4 is 33.4 Å². The molecule has 102 valence electrons. The number of hydrogen-bond acceptors (Lipinski definition) is 2. The summed E-state index contributed by atoms with van der Waals surface area (Å²) in [7, 11) is 0. The Kier molecular flexibility index (Phi) is 3.13. The Bertz CT molecular complexity index is 885. The smallest absolute Gasteiger partial charge is 0.0351 e. The van der Waals surface area contributed by atoms with Crippen LogP contribution in [0.15, 0.2) is 65.4 Å². The molecule has 2 heteroatoms. The predicted octanol–water partition coefficient (Wildman–Crippen LogP) is 6.61. The Morgan fingerprint density at radius 2 is 1.43 bits per heavy atom. The molecule has 0 aliphatic rings. The molecule has 2 heterocycles. The first kappa shape index (κ1) is 12.8. The molecule has 0 unspecified atom stereocenters. The Labute approximate surface area is 132 Å². The van der Waals surface area contributed by atoms with Crippen LogP contribution in [0.5, 0.6) is 0 Å². The fourth-order valence-electron chi connectivity index (χ4n) is 2.86. The van der Waals surface area contributed by atoms with Crippen LogP contribution < -0.4 is 0 Å². The third-order valence-corrected chi connectivity index (χ3v) is 5.61. The van der Waals surface area contributed by atoms with Crippen molar-refractivity contribution in [2.24, 2.45) is 0 Å². The van der Waals surface area contributed by atoms with Gasteiger partial charge in [0.05, 0.1) is 0 Å². The quantitative estimate of drug-likeness (QED) is 0.391. The molecule has 0 amide bonds. The molecule has 0 bridgehead atoms. The van der Waals surface area contributed by atoms with Gasteiger partial charge in [-0.15, -0.1) is 22.7 Å². The van der Waals surface area contributed by atoms with Gasteiger partial charge in [-0.2, -0.15) is 0 Å². The van der Waals surface area contributed by atoms with Crippen LogP contribution in [0, 0.1) is 6.92 Å². The van der Waals surface area contributed by atoms with E-state index >= 15 is 0 Å². The topological polar surface area (TPSA) is 0 Å². The summed E-state index contributed by atoms with van der Waals surface area (Å²) in [6.07, 6.45) is 0. The molecule has 0 nitrogen and oxygen atoms in total. The van der Waals surface area contributed by atoms with Crippen molar-refractivity contribution in [3.63, 3.8) is 0 Å². The van der Waals surface area contributed by atoms with Crippen LogP contribution in [0.3, 0.4) is 0 Å². The summed E-state index contributed by atoms with van der Waals surface area (Å²) in [5, 5.41) is 6.98. The Hall–Kier alpha value is -1.90. The van der Waals surface area contributed by atoms with Gasteiger partial charge in [-0.25, -0.2) is 0 Å². The van der Waals surface area contributed by atoms with Crippen LogP contribution in [-0.2, 0) is 0 Å². The first-order valence-corrected chi connectivity index (χ1v) is 8.70. The van der Waals surface area contributed by atoms with Gasteiger partial charge in [0.2, 0.25) is 0 Å². The summed E-state index contributed by atoms with van der Waals surface area (Å²) >= 11 is 3.61. The van der Waals surface area contributed by atoms with Gasteiger partial charge >= 0.3 is 0 Å². The summed E-state index contributed by atoms with van der Waals surface area (Å²) in [6.45, 7) is 2.20. The van der Waals surface area contributed by atoms with E-state index in [1.807, 2.05) is 11.3 Å². The predicted molar refractivity (Wildman–Crippen MR) is 95.3 cm³/mol. The summed E-state index contributed by atoms with van der Waals surface area (Å²) in [5.74, 6) is 0. The lowest BCUT2D eigenvalue weighted by Gasteiger charge is -2.11. The molecule has 0 aliphatic carbocycles. The molecule has 0 spiro atoms. The molecular formula is C19H14S2. The number of rotatable bonds is 2. The Morgan fingerprint density at radius 3 is 2.14 bits per heavy atom. The third-order valence-electron chi connectivity index (χ3n) is 3.82. The highest BCUT2D eigenvalue weighted by Gasteiger charge is 2.11. The van der Waals surface area contributed by atoms with E-state index in [9.17, 15) is 0 Å². The van der Waals surface area contributed by atoms with Gasteiger partial charge in [0.1, 0.15) is 0 Å². The van der Waals surface area contributed by atoms with Crippen molar-refractivity contribution < 1.29 is 0 Å². The van der Waals surface area contributed by atoms with Crippen molar-refractivity contribution in [2.45, 2.75) is 6.92 Å². The maximum absolute atomic E-state index is 2.26. The van der Waals surface area contributed by atoms with Crippen LogP contribution in [0.25, 0.3) is 31.7 Å². The van der Waals surface area contributed by atoms with Gasteiger partial charge in [-0.05, 0) is 51.7 Å². The molecule has 0 fully saturated rings. The van der Waals surface area contributed by atoms with Crippen molar-refractivity contribution in [2.75, 3.05) is 0 Å². The van der Waals surface area contributed by atoms with Gasteiger partial charge in [-0.3, -0.25) is 0 Å². The lowest BCUT2D eigenvalue weighted by molar-refractivity contribution is 1.51. The maximum Gasteiger partial charge on any atom is 0.0351 e. The van der Waals surface area contributed by atoms with Gasteiger partial charge < -0.3 is 0 Å². The van der Waals surface area contributed by atoms with Crippen molar-refractivity contribution in [3.05, 3.63) is 70.9 Å². The highest BCUT2D eigenvalue weighted by Crippen LogP contribution is 2.39. The molecule has 4 aromatic rings. The standard InChI is InChI=1S/C19H14S2/c1-13-9-10-14-15(17-7-3-11-20-17)5-2-6-16(14)19(13)18-8-4-12-21-18/h2-12H,1H3. The number of hydrogen-bond donors (Lipinski definition) is 0. The summed E-state index contributed by atoms with van der Waals surface area (Å²) in [4.78, 5) is 2.68. The third kappa shape index (κ3) is 2.11. The second-order valence-electron chi connectivity index (χ2n) is 5.11. The molecule has 0 saturated heterocycles. The molecule has 21 heavy (non-hydrogen) atoms. The molecule has 0 radical (unpaired) electrons.